The third-order valence-corrected chi connectivity index (χ3v) is 5.61. The fourth-order valence-electron chi connectivity index (χ4n) is 1.57. The summed E-state index contributed by atoms with van der Waals surface area (Å²) >= 11 is 1.05. The molecule has 0 atom stereocenters. The van der Waals surface area contributed by atoms with Gasteiger partial charge in [0.05, 0.1) is 6.42 Å². The number of rotatable bonds is 6. The van der Waals surface area contributed by atoms with E-state index in [1.54, 1.807) is 11.0 Å². The lowest BCUT2D eigenvalue weighted by Gasteiger charge is -2.19. The number of halogens is 1. The van der Waals surface area contributed by atoms with Crippen LogP contribution in [0.3, 0.4) is 0 Å². The van der Waals surface area contributed by atoms with Crippen molar-refractivity contribution in [1.82, 2.24) is 4.90 Å². The third kappa shape index (κ3) is 4.26. The lowest BCUT2D eigenvalue weighted by Crippen LogP contribution is -2.32. The summed E-state index contributed by atoms with van der Waals surface area (Å²) in [5.74, 6) is 0.0136. The molecule has 4 nitrogen and oxygen atoms in total. The van der Waals surface area contributed by atoms with Crippen LogP contribution >= 0.6 is 22.0 Å². The standard InChI is InChI=1S/C11H16ClNO3S2/c1-3-7-13(4-2)10(14)8-9-5-6-11(17-9)18(12,15)16/h5-6H,3-4,7-8H2,1-2H3. The summed E-state index contributed by atoms with van der Waals surface area (Å²) in [7, 11) is 1.55. The molecule has 1 aromatic heterocycles. The molecule has 18 heavy (non-hydrogen) atoms. The molecule has 102 valence electrons. The van der Waals surface area contributed by atoms with E-state index in [-0.39, 0.29) is 16.5 Å². The maximum atomic E-state index is 11.9. The minimum Gasteiger partial charge on any atom is -0.343 e. The Hall–Kier alpha value is -0.590. The number of carbonyl (C=O) groups is 1. The van der Waals surface area contributed by atoms with Crippen LogP contribution in [-0.4, -0.2) is 32.3 Å². The molecular formula is C11H16ClNO3S2. The molecular weight excluding hydrogens is 294 g/mol. The Bertz CT molecular complexity index is 510. The van der Waals surface area contributed by atoms with Crippen molar-refractivity contribution in [3.05, 3.63) is 17.0 Å². The zero-order chi connectivity index (χ0) is 13.8. The fourth-order valence-corrected chi connectivity index (χ4v) is 3.69. The van der Waals surface area contributed by atoms with Gasteiger partial charge in [0.2, 0.25) is 5.91 Å². The second-order valence-corrected chi connectivity index (χ2v) is 7.77. The lowest BCUT2D eigenvalue weighted by atomic mass is 10.3. The number of thiophene rings is 1. The van der Waals surface area contributed by atoms with Crippen molar-refractivity contribution in [2.24, 2.45) is 0 Å². The van der Waals surface area contributed by atoms with Crippen molar-refractivity contribution >= 4 is 37.0 Å². The van der Waals surface area contributed by atoms with Crippen molar-refractivity contribution in [3.63, 3.8) is 0 Å². The van der Waals surface area contributed by atoms with E-state index in [1.165, 1.54) is 6.07 Å². The van der Waals surface area contributed by atoms with Crippen LogP contribution in [0.4, 0.5) is 0 Å². The smallest absolute Gasteiger partial charge is 0.270 e. The van der Waals surface area contributed by atoms with Crippen molar-refractivity contribution in [1.29, 1.82) is 0 Å². The third-order valence-electron chi connectivity index (χ3n) is 2.43. The van der Waals surface area contributed by atoms with Gasteiger partial charge in [-0.05, 0) is 25.5 Å². The first-order valence-corrected chi connectivity index (χ1v) is 8.82. The van der Waals surface area contributed by atoms with Gasteiger partial charge in [0.15, 0.2) is 0 Å². The zero-order valence-electron chi connectivity index (χ0n) is 10.3. The maximum Gasteiger partial charge on any atom is 0.270 e. The SMILES string of the molecule is CCCN(CC)C(=O)Cc1ccc(S(=O)(=O)Cl)s1. The molecule has 0 unspecified atom stereocenters. The van der Waals surface area contributed by atoms with E-state index in [4.69, 9.17) is 10.7 Å². The van der Waals surface area contributed by atoms with Gasteiger partial charge in [-0.3, -0.25) is 4.79 Å². The molecule has 0 fully saturated rings. The van der Waals surface area contributed by atoms with Gasteiger partial charge in [0, 0.05) is 28.6 Å². The molecule has 1 aromatic rings. The number of nitrogens with zero attached hydrogens (tertiary/aromatic N) is 1. The summed E-state index contributed by atoms with van der Waals surface area (Å²) in [6.45, 7) is 5.33. The molecule has 0 aromatic carbocycles. The molecule has 0 aliphatic heterocycles. The highest BCUT2D eigenvalue weighted by atomic mass is 35.7. The van der Waals surface area contributed by atoms with E-state index < -0.39 is 9.05 Å². The van der Waals surface area contributed by atoms with Gasteiger partial charge in [-0.2, -0.15) is 0 Å². The molecule has 0 saturated heterocycles. The average molecular weight is 310 g/mol. The van der Waals surface area contributed by atoms with E-state index in [2.05, 4.69) is 0 Å². The lowest BCUT2D eigenvalue weighted by molar-refractivity contribution is -0.130. The van der Waals surface area contributed by atoms with E-state index in [0.717, 1.165) is 24.3 Å². The van der Waals surface area contributed by atoms with Gasteiger partial charge in [0.25, 0.3) is 9.05 Å². The van der Waals surface area contributed by atoms with Crippen LogP contribution in [0.15, 0.2) is 16.3 Å². The summed E-state index contributed by atoms with van der Waals surface area (Å²) in [6.07, 6.45) is 1.14. The molecule has 1 amide bonds. The largest absolute Gasteiger partial charge is 0.343 e. The predicted octanol–water partition coefficient (Wildman–Crippen LogP) is 2.48. The van der Waals surface area contributed by atoms with Crippen LogP contribution in [0.2, 0.25) is 0 Å². The molecule has 0 saturated carbocycles. The monoisotopic (exact) mass is 309 g/mol. The van der Waals surface area contributed by atoms with Crippen LogP contribution in [0, 0.1) is 0 Å². The summed E-state index contributed by atoms with van der Waals surface area (Å²) in [4.78, 5) is 14.4. The molecule has 0 spiro atoms. The highest BCUT2D eigenvalue weighted by Gasteiger charge is 2.16. The maximum absolute atomic E-state index is 11.9. The van der Waals surface area contributed by atoms with E-state index >= 15 is 0 Å². The minimum absolute atomic E-state index is 0.0136. The number of amides is 1. The normalized spacial score (nSPS) is 11.5. The molecule has 0 aliphatic carbocycles. The van der Waals surface area contributed by atoms with Gasteiger partial charge in [0.1, 0.15) is 4.21 Å². The van der Waals surface area contributed by atoms with Crippen LogP contribution < -0.4 is 0 Å². The summed E-state index contributed by atoms with van der Waals surface area (Å²) in [6, 6.07) is 3.07. The van der Waals surface area contributed by atoms with E-state index in [9.17, 15) is 13.2 Å². The molecule has 0 bridgehead atoms. The second kappa shape index (κ2) is 6.54. The van der Waals surface area contributed by atoms with Crippen molar-refractivity contribution < 1.29 is 13.2 Å². The number of hydrogen-bond donors (Lipinski definition) is 0. The number of carbonyl (C=O) groups excluding carboxylic acids is 1. The Morgan fingerprint density at radius 2 is 2.06 bits per heavy atom. The second-order valence-electron chi connectivity index (χ2n) is 3.81. The van der Waals surface area contributed by atoms with Gasteiger partial charge < -0.3 is 4.90 Å². The Morgan fingerprint density at radius 3 is 2.50 bits per heavy atom. The first kappa shape index (κ1) is 15.5. The molecule has 0 N–H and O–H groups in total. The van der Waals surface area contributed by atoms with Crippen molar-refractivity contribution in [3.8, 4) is 0 Å². The number of likely N-dealkylation sites (N-methyl/N-ethyl adjacent to an activating group) is 1. The summed E-state index contributed by atoms with van der Waals surface area (Å²) in [5.41, 5.74) is 0. The van der Waals surface area contributed by atoms with Gasteiger partial charge in [-0.25, -0.2) is 8.42 Å². The van der Waals surface area contributed by atoms with Crippen molar-refractivity contribution in [2.45, 2.75) is 30.9 Å². The minimum atomic E-state index is -3.69. The average Bonchev–Trinajstić information content (AvgIpc) is 2.73. The zero-order valence-corrected chi connectivity index (χ0v) is 12.7. The fraction of sp³-hybridized carbons (Fsp3) is 0.545. The first-order valence-electron chi connectivity index (χ1n) is 5.69. The summed E-state index contributed by atoms with van der Waals surface area (Å²) < 4.78 is 22.3. The van der Waals surface area contributed by atoms with Crippen LogP contribution in [-0.2, 0) is 20.3 Å². The molecule has 1 heterocycles. The van der Waals surface area contributed by atoms with Gasteiger partial charge in [-0.15, -0.1) is 11.3 Å². The Balaban J connectivity index is 2.73. The van der Waals surface area contributed by atoms with Crippen molar-refractivity contribution in [2.75, 3.05) is 13.1 Å². The highest BCUT2D eigenvalue weighted by Crippen LogP contribution is 2.25. The van der Waals surface area contributed by atoms with E-state index in [1.807, 2.05) is 13.8 Å². The van der Waals surface area contributed by atoms with Crippen LogP contribution in [0.1, 0.15) is 25.1 Å². The van der Waals surface area contributed by atoms with Crippen LogP contribution in [0.5, 0.6) is 0 Å². The first-order chi connectivity index (χ1) is 8.38. The van der Waals surface area contributed by atoms with E-state index in [0.29, 0.717) is 11.4 Å². The predicted molar refractivity (Wildman–Crippen MR) is 73.6 cm³/mol. The molecule has 7 heteroatoms. The van der Waals surface area contributed by atoms with Crippen LogP contribution in [0.25, 0.3) is 0 Å². The summed E-state index contributed by atoms with van der Waals surface area (Å²) in [5, 5.41) is 0. The topological polar surface area (TPSA) is 54.5 Å². The molecule has 0 aliphatic rings. The Morgan fingerprint density at radius 1 is 1.39 bits per heavy atom. The van der Waals surface area contributed by atoms with Gasteiger partial charge in [-0.1, -0.05) is 6.92 Å². The quantitative estimate of drug-likeness (QED) is 0.759. The van der Waals surface area contributed by atoms with Gasteiger partial charge >= 0.3 is 0 Å². The Kier molecular flexibility index (Phi) is 5.62. The highest BCUT2D eigenvalue weighted by molar-refractivity contribution is 8.15. The molecule has 1 rings (SSSR count). The Labute approximate surface area is 116 Å². The number of hydrogen-bond acceptors (Lipinski definition) is 4. The molecule has 0 radical (unpaired) electrons.